The van der Waals surface area contributed by atoms with Gasteiger partial charge < -0.3 is 16.8 Å². The monoisotopic (exact) mass is 257 g/mol. The van der Waals surface area contributed by atoms with Gasteiger partial charge in [0.15, 0.2) is 0 Å². The van der Waals surface area contributed by atoms with Crippen LogP contribution >= 0.6 is 0 Å². The molecule has 0 aromatic heterocycles. The minimum Gasteiger partial charge on any atom is -0.329 e. The van der Waals surface area contributed by atoms with E-state index in [2.05, 4.69) is 48.6 Å². The Morgan fingerprint density at radius 3 is 2.63 bits per heavy atom. The highest BCUT2D eigenvalue weighted by Gasteiger charge is 2.00. The predicted octanol–water partition coefficient (Wildman–Crippen LogP) is 1.57. The standard InChI is InChI=1S/C16H23N3/c1-12-2-4-15-9-13(3-5-14(15)8-12)6-7-19-11-16(18)10-17/h2-5,8-9,16,19H,6-7,10-11,17-18H2,1H3. The Labute approximate surface area is 115 Å². The van der Waals surface area contributed by atoms with Crippen molar-refractivity contribution in [3.05, 3.63) is 47.5 Å². The molecule has 2 aromatic carbocycles. The molecule has 5 N–H and O–H groups in total. The summed E-state index contributed by atoms with van der Waals surface area (Å²) in [6, 6.07) is 13.3. The first-order valence-electron chi connectivity index (χ1n) is 6.84. The Morgan fingerprint density at radius 1 is 1.11 bits per heavy atom. The van der Waals surface area contributed by atoms with Crippen molar-refractivity contribution in [3.63, 3.8) is 0 Å². The molecule has 0 aliphatic carbocycles. The number of nitrogens with two attached hydrogens (primary N) is 2. The van der Waals surface area contributed by atoms with Gasteiger partial charge in [0.1, 0.15) is 0 Å². The quantitative estimate of drug-likeness (QED) is 0.688. The Balaban J connectivity index is 1.92. The van der Waals surface area contributed by atoms with Crippen molar-refractivity contribution in [2.24, 2.45) is 11.5 Å². The van der Waals surface area contributed by atoms with Crippen molar-refractivity contribution in [3.8, 4) is 0 Å². The molecule has 0 aliphatic heterocycles. The van der Waals surface area contributed by atoms with Crippen LogP contribution < -0.4 is 16.8 Å². The first-order valence-corrected chi connectivity index (χ1v) is 6.84. The zero-order chi connectivity index (χ0) is 13.7. The molecule has 0 amide bonds. The van der Waals surface area contributed by atoms with E-state index in [4.69, 9.17) is 11.5 Å². The highest BCUT2D eigenvalue weighted by Crippen LogP contribution is 2.17. The van der Waals surface area contributed by atoms with Gasteiger partial charge in [0.05, 0.1) is 0 Å². The Morgan fingerprint density at radius 2 is 1.84 bits per heavy atom. The summed E-state index contributed by atoms with van der Waals surface area (Å²) in [6.45, 7) is 4.37. The number of nitrogens with one attached hydrogen (secondary N) is 1. The van der Waals surface area contributed by atoms with E-state index in [0.29, 0.717) is 6.54 Å². The van der Waals surface area contributed by atoms with E-state index in [9.17, 15) is 0 Å². The molecule has 102 valence electrons. The van der Waals surface area contributed by atoms with Crippen molar-refractivity contribution in [1.29, 1.82) is 0 Å². The van der Waals surface area contributed by atoms with Gasteiger partial charge >= 0.3 is 0 Å². The highest BCUT2D eigenvalue weighted by atomic mass is 14.9. The lowest BCUT2D eigenvalue weighted by Gasteiger charge is -2.10. The zero-order valence-electron chi connectivity index (χ0n) is 11.5. The van der Waals surface area contributed by atoms with Crippen LogP contribution in [0.25, 0.3) is 10.8 Å². The van der Waals surface area contributed by atoms with Crippen molar-refractivity contribution >= 4 is 10.8 Å². The van der Waals surface area contributed by atoms with Crippen LogP contribution in [-0.2, 0) is 6.42 Å². The summed E-state index contributed by atoms with van der Waals surface area (Å²) in [5, 5.41) is 5.95. The Bertz CT molecular complexity index is 537. The fraction of sp³-hybridized carbons (Fsp3) is 0.375. The van der Waals surface area contributed by atoms with Crippen molar-refractivity contribution in [2.45, 2.75) is 19.4 Å². The largest absolute Gasteiger partial charge is 0.329 e. The second-order valence-corrected chi connectivity index (χ2v) is 5.13. The zero-order valence-corrected chi connectivity index (χ0v) is 11.5. The van der Waals surface area contributed by atoms with Crippen LogP contribution in [0, 0.1) is 6.92 Å². The van der Waals surface area contributed by atoms with Crippen molar-refractivity contribution < 1.29 is 0 Å². The minimum absolute atomic E-state index is 0.0552. The lowest BCUT2D eigenvalue weighted by Crippen LogP contribution is -2.40. The van der Waals surface area contributed by atoms with Crippen LogP contribution in [0.4, 0.5) is 0 Å². The third-order valence-electron chi connectivity index (χ3n) is 3.36. The van der Waals surface area contributed by atoms with Crippen molar-refractivity contribution in [2.75, 3.05) is 19.6 Å². The van der Waals surface area contributed by atoms with E-state index in [1.54, 1.807) is 0 Å². The first-order chi connectivity index (χ1) is 9.19. The van der Waals surface area contributed by atoms with Crippen LogP contribution in [0.3, 0.4) is 0 Å². The summed E-state index contributed by atoms with van der Waals surface area (Å²) in [4.78, 5) is 0. The van der Waals surface area contributed by atoms with E-state index in [-0.39, 0.29) is 6.04 Å². The number of fused-ring (bicyclic) bond motifs is 1. The summed E-state index contributed by atoms with van der Waals surface area (Å²) < 4.78 is 0. The molecule has 2 aromatic rings. The van der Waals surface area contributed by atoms with Gasteiger partial charge in [0.25, 0.3) is 0 Å². The lowest BCUT2D eigenvalue weighted by atomic mass is 10.0. The number of hydrogen-bond donors (Lipinski definition) is 3. The van der Waals surface area contributed by atoms with Gasteiger partial charge in [-0.3, -0.25) is 0 Å². The Hall–Kier alpha value is -1.42. The summed E-state index contributed by atoms with van der Waals surface area (Å²) in [5.74, 6) is 0. The maximum absolute atomic E-state index is 5.75. The molecular formula is C16H23N3. The molecule has 0 heterocycles. The van der Waals surface area contributed by atoms with Gasteiger partial charge in [-0.2, -0.15) is 0 Å². The third-order valence-corrected chi connectivity index (χ3v) is 3.36. The third kappa shape index (κ3) is 4.03. The van der Waals surface area contributed by atoms with Crippen molar-refractivity contribution in [1.82, 2.24) is 5.32 Å². The number of hydrogen-bond acceptors (Lipinski definition) is 3. The van der Waals surface area contributed by atoms with Crippen LogP contribution in [0.2, 0.25) is 0 Å². The second kappa shape index (κ2) is 6.66. The minimum atomic E-state index is 0.0552. The van der Waals surface area contributed by atoms with Gasteiger partial charge in [0, 0.05) is 19.1 Å². The summed E-state index contributed by atoms with van der Waals surface area (Å²) >= 11 is 0. The molecule has 0 fully saturated rings. The topological polar surface area (TPSA) is 64.1 Å². The predicted molar refractivity (Wildman–Crippen MR) is 82.3 cm³/mol. The molecular weight excluding hydrogens is 234 g/mol. The Kier molecular flexibility index (Phi) is 4.91. The van der Waals surface area contributed by atoms with Crippen LogP contribution in [0.5, 0.6) is 0 Å². The SMILES string of the molecule is Cc1ccc2cc(CCNCC(N)CN)ccc2c1. The fourth-order valence-electron chi connectivity index (χ4n) is 2.17. The molecule has 0 saturated carbocycles. The van der Waals surface area contributed by atoms with Crippen LogP contribution in [0.1, 0.15) is 11.1 Å². The molecule has 3 heteroatoms. The van der Waals surface area contributed by atoms with E-state index in [1.807, 2.05) is 0 Å². The average molecular weight is 257 g/mol. The highest BCUT2D eigenvalue weighted by molar-refractivity contribution is 5.83. The molecule has 0 aliphatic rings. The van der Waals surface area contributed by atoms with E-state index in [0.717, 1.165) is 19.5 Å². The molecule has 1 unspecified atom stereocenters. The summed E-state index contributed by atoms with van der Waals surface area (Å²) in [6.07, 6.45) is 1.01. The normalized spacial score (nSPS) is 12.8. The maximum atomic E-state index is 5.75. The van der Waals surface area contributed by atoms with Crippen LogP contribution in [-0.4, -0.2) is 25.7 Å². The molecule has 1 atom stereocenters. The molecule has 0 spiro atoms. The smallest absolute Gasteiger partial charge is 0.0290 e. The van der Waals surface area contributed by atoms with E-state index in [1.165, 1.54) is 21.9 Å². The fourth-order valence-corrected chi connectivity index (χ4v) is 2.17. The molecule has 2 rings (SSSR count). The molecule has 0 bridgehead atoms. The van der Waals surface area contributed by atoms with Gasteiger partial charge in [-0.05, 0) is 36.2 Å². The molecule has 0 saturated heterocycles. The van der Waals surface area contributed by atoms with Crippen LogP contribution in [0.15, 0.2) is 36.4 Å². The summed E-state index contributed by atoms with van der Waals surface area (Å²) in [7, 11) is 0. The van der Waals surface area contributed by atoms with Gasteiger partial charge in [-0.1, -0.05) is 42.0 Å². The van der Waals surface area contributed by atoms with E-state index < -0.39 is 0 Å². The summed E-state index contributed by atoms with van der Waals surface area (Å²) in [5.41, 5.74) is 13.9. The maximum Gasteiger partial charge on any atom is 0.0290 e. The number of benzene rings is 2. The number of aryl methyl sites for hydroxylation is 1. The van der Waals surface area contributed by atoms with E-state index >= 15 is 0 Å². The first kappa shape index (κ1) is 14.0. The van der Waals surface area contributed by atoms with Gasteiger partial charge in [-0.25, -0.2) is 0 Å². The molecule has 19 heavy (non-hydrogen) atoms. The van der Waals surface area contributed by atoms with Gasteiger partial charge in [0.2, 0.25) is 0 Å². The molecule has 0 radical (unpaired) electrons. The second-order valence-electron chi connectivity index (χ2n) is 5.13. The lowest BCUT2D eigenvalue weighted by molar-refractivity contribution is 0.583. The molecule has 3 nitrogen and oxygen atoms in total. The number of rotatable bonds is 6. The average Bonchev–Trinajstić information content (AvgIpc) is 2.43. The van der Waals surface area contributed by atoms with Gasteiger partial charge in [-0.15, -0.1) is 0 Å².